The van der Waals surface area contributed by atoms with Crippen LogP contribution in [0, 0.1) is 55.4 Å². The van der Waals surface area contributed by atoms with E-state index in [0.717, 1.165) is 17.9 Å². The number of benzene rings is 8. The van der Waals surface area contributed by atoms with Gasteiger partial charge in [0.25, 0.3) is 63.7 Å². The zero-order valence-electron chi connectivity index (χ0n) is 71.7. The third-order valence-electron chi connectivity index (χ3n) is 16.5. The van der Waals surface area contributed by atoms with Crippen LogP contribution in [0.1, 0.15) is 45.6 Å². The molecule has 0 radical (unpaired) electrons. The Labute approximate surface area is 856 Å². The van der Waals surface area contributed by atoms with E-state index < -0.39 is 63.7 Å². The Morgan fingerprint density at radius 1 is 0.272 bits per heavy atom. The molecule has 0 aliphatic heterocycles. The second kappa shape index (κ2) is 50.2. The van der Waals surface area contributed by atoms with Gasteiger partial charge < -0.3 is 40.2 Å². The van der Waals surface area contributed by atoms with E-state index in [1.54, 1.807) is 152 Å². The van der Waals surface area contributed by atoms with Gasteiger partial charge in [-0.3, -0.25) is 40.4 Å². The molecule has 36 nitrogen and oxygen atoms in total. The van der Waals surface area contributed by atoms with Gasteiger partial charge in [0.1, 0.15) is 23.0 Å². The maximum Gasteiger partial charge on any atom is 0.264 e. The number of ether oxygens (including phenoxy) is 4. The number of carbonyl (C=O) groups is 4. The lowest BCUT2D eigenvalue weighted by Gasteiger charge is -2.12. The van der Waals surface area contributed by atoms with E-state index >= 15 is 0 Å². The molecule has 8 aromatic carbocycles. The third kappa shape index (κ3) is 36.0. The van der Waals surface area contributed by atoms with Gasteiger partial charge in [-0.25, -0.2) is 92.4 Å². The van der Waals surface area contributed by atoms with Gasteiger partial charge in [0.2, 0.25) is 23.8 Å². The average molecular weight is 2340 g/mol. The number of rotatable bonds is 28. The summed E-state index contributed by atoms with van der Waals surface area (Å²) in [6.07, 6.45) is 0. The second-order valence-electron chi connectivity index (χ2n) is 27.9. The molecule has 0 aliphatic rings. The predicted molar refractivity (Wildman–Crippen MR) is 551 cm³/mol. The molecular weight excluding hydrogens is 2260 g/mol. The lowest BCUT2D eigenvalue weighted by Crippen LogP contribution is -2.37. The van der Waals surface area contributed by atoms with Gasteiger partial charge in [-0.05, 0) is 298 Å². The van der Waals surface area contributed by atoms with Crippen molar-refractivity contribution in [2.24, 2.45) is 0 Å². The van der Waals surface area contributed by atoms with Crippen molar-refractivity contribution in [2.75, 3.05) is 66.6 Å². The minimum absolute atomic E-state index is 0.00441. The number of aromatic nitrogens is 8. The van der Waals surface area contributed by atoms with E-state index in [0.29, 0.717) is 111 Å². The van der Waals surface area contributed by atoms with Crippen molar-refractivity contribution in [3.05, 3.63) is 278 Å². The highest BCUT2D eigenvalue weighted by Crippen LogP contribution is 2.33. The zero-order valence-corrected chi connectivity index (χ0v) is 87.6. The fourth-order valence-electron chi connectivity index (χ4n) is 10.9. The molecule has 136 heavy (non-hydrogen) atoms. The summed E-state index contributed by atoms with van der Waals surface area (Å²) in [6.45, 7) is 12.8. The maximum atomic E-state index is 12.6. The lowest BCUT2D eigenvalue weighted by atomic mass is 10.3. The zero-order chi connectivity index (χ0) is 99.5. The second-order valence-corrected chi connectivity index (χ2v) is 41.5. The van der Waals surface area contributed by atoms with Crippen LogP contribution in [0.5, 0.6) is 23.0 Å². The fourth-order valence-corrected chi connectivity index (χ4v) is 18.5. The number of halogens is 8. The van der Waals surface area contributed by atoms with E-state index in [4.69, 9.17) is 114 Å². The van der Waals surface area contributed by atoms with Crippen molar-refractivity contribution in [1.82, 2.24) is 61.1 Å². The largest absolute Gasteiger partial charge is 0.482 e. The van der Waals surface area contributed by atoms with E-state index in [1.807, 2.05) is 0 Å². The Morgan fingerprint density at radius 2 is 0.434 bits per heavy atom. The first-order chi connectivity index (χ1) is 64.1. The minimum atomic E-state index is -3.89. The van der Waals surface area contributed by atoms with Crippen LogP contribution < -0.4 is 80.4 Å². The summed E-state index contributed by atoms with van der Waals surface area (Å²) < 4.78 is 135. The number of hydrogen-bond acceptors (Lipinski definition) is 28. The Morgan fingerprint density at radius 3 is 0.588 bits per heavy atom. The van der Waals surface area contributed by atoms with Crippen LogP contribution in [0.15, 0.2) is 232 Å². The predicted octanol–water partition coefficient (Wildman–Crippen LogP) is 16.8. The Kier molecular flexibility index (Phi) is 40.1. The molecule has 0 spiro atoms. The minimum Gasteiger partial charge on any atom is -0.482 e. The fraction of sp³-hybridized carbons (Fsp3) is 0.143. The van der Waals surface area contributed by atoms with Crippen LogP contribution in [0.2, 0.25) is 20.1 Å². The smallest absolute Gasteiger partial charge is 0.264 e. The van der Waals surface area contributed by atoms with E-state index in [1.165, 1.54) is 97.1 Å². The van der Waals surface area contributed by atoms with Gasteiger partial charge in [0.05, 0.1) is 39.7 Å². The molecule has 4 aromatic heterocycles. The van der Waals surface area contributed by atoms with Crippen molar-refractivity contribution < 1.29 is 71.8 Å². The lowest BCUT2D eigenvalue weighted by molar-refractivity contribution is -0.122. The van der Waals surface area contributed by atoms with Crippen LogP contribution in [-0.2, 0) is 59.3 Å². The monoisotopic (exact) mass is 2330 g/mol. The number of nitrogens with zero attached hydrogens (tertiary/aromatic N) is 8. The summed E-state index contributed by atoms with van der Waals surface area (Å²) >= 11 is 57.9. The molecule has 0 atom stereocenters. The highest BCUT2D eigenvalue weighted by atomic mass is 79.9. The number of carbonyl (C=O) groups excluding carboxylic acids is 4. The van der Waals surface area contributed by atoms with Crippen molar-refractivity contribution in [3.8, 4) is 23.0 Å². The molecule has 0 aliphatic carbocycles. The summed E-state index contributed by atoms with van der Waals surface area (Å²) in [6, 6.07) is 50.2. The molecule has 12 N–H and O–H groups in total. The molecule has 0 fully saturated rings. The number of aryl methyl sites for hydroxylation is 8. The van der Waals surface area contributed by atoms with Crippen LogP contribution >= 0.6 is 159 Å². The number of anilines is 8. The van der Waals surface area contributed by atoms with E-state index in [-0.39, 0.29) is 90.3 Å². The van der Waals surface area contributed by atoms with Crippen molar-refractivity contribution in [1.29, 1.82) is 0 Å². The summed E-state index contributed by atoms with van der Waals surface area (Å²) in [7, 11) is -15.5. The van der Waals surface area contributed by atoms with Gasteiger partial charge in [0, 0.05) is 86.2 Å². The van der Waals surface area contributed by atoms with Crippen molar-refractivity contribution in [3.63, 3.8) is 0 Å². The molecule has 0 bridgehead atoms. The van der Waals surface area contributed by atoms with Gasteiger partial charge in [0.15, 0.2) is 46.9 Å². The van der Waals surface area contributed by atoms with Crippen LogP contribution in [-0.4, -0.2) is 144 Å². The van der Waals surface area contributed by atoms with E-state index in [2.05, 4.69) is 165 Å². The average Bonchev–Trinajstić information content (AvgIpc) is 0.826. The molecule has 4 amide bonds. The number of nitrogens with one attached hydrogen (secondary N) is 12. The standard InChI is InChI=1S/4C21H19BrClN5O4S2/c4*1-12-9-13(2)25-20(24-12)28-34(30,31)16-6-4-15(5-7-16)26-21(33)27-19(29)11-32-18-8-3-14(22)10-17(18)23/h4*3-10H,11H2,1-2H3,(H,24,25,28)(H2,26,27,29,33). The molecular formula is C84H76Br4Cl4N20O16S8. The number of thiocarbonyl (C=S) groups is 4. The van der Waals surface area contributed by atoms with E-state index in [9.17, 15) is 52.8 Å². The molecule has 0 unspecified atom stereocenters. The highest BCUT2D eigenvalue weighted by molar-refractivity contribution is 9.11. The van der Waals surface area contributed by atoms with Crippen molar-refractivity contribution >= 4 is 290 Å². The Bertz CT molecular complexity index is 6090. The highest BCUT2D eigenvalue weighted by Gasteiger charge is 2.23. The van der Waals surface area contributed by atoms with Crippen LogP contribution in [0.4, 0.5) is 46.5 Å². The molecule has 12 aromatic rings. The summed E-state index contributed by atoms with van der Waals surface area (Å²) in [4.78, 5) is 81.0. The summed E-state index contributed by atoms with van der Waals surface area (Å²) in [5, 5.41) is 22.6. The topological polar surface area (TPSA) is 489 Å². The first-order valence-electron chi connectivity index (χ1n) is 38.6. The van der Waals surface area contributed by atoms with Gasteiger partial charge in [-0.1, -0.05) is 110 Å². The number of sulfonamides is 4. The van der Waals surface area contributed by atoms with Crippen LogP contribution in [0.25, 0.3) is 0 Å². The number of amides is 4. The third-order valence-corrected chi connectivity index (χ3v) is 25.9. The summed E-state index contributed by atoms with van der Waals surface area (Å²) in [5.74, 6) is -0.559. The number of hydrogen-bond donors (Lipinski definition) is 12. The SMILES string of the molecule is Cc1cc(C)nc(NS(=O)(=O)c2ccc(NC(=S)NC(=O)COc3ccc(Br)cc3Cl)cc2)n1.Cc1cc(C)nc(NS(=O)(=O)c2ccc(NC(=S)NC(=O)COc3ccc(Br)cc3Cl)cc2)n1.Cc1cc(C)nc(NS(=O)(=O)c2ccc(NC(=S)NC(=O)COc3ccc(Br)cc3Cl)cc2)n1.Cc1cc(C)nc(NS(=O)(=O)c2ccc(NC(=S)NC(=O)COc3ccc(Br)cc3Cl)cc2)n1. The van der Waals surface area contributed by atoms with Gasteiger partial charge in [-0.2, -0.15) is 0 Å². The Hall–Kier alpha value is -11.2. The Balaban J connectivity index is 0.000000203. The molecule has 12 rings (SSSR count). The van der Waals surface area contributed by atoms with Crippen molar-refractivity contribution in [2.45, 2.75) is 75.0 Å². The molecule has 0 saturated carbocycles. The molecule has 712 valence electrons. The van der Waals surface area contributed by atoms with Gasteiger partial charge >= 0.3 is 0 Å². The summed E-state index contributed by atoms with van der Waals surface area (Å²) in [5.41, 5.74) is 7.06. The molecule has 4 heterocycles. The quantitative estimate of drug-likeness (QED) is 0.0203. The molecule has 52 heteroatoms. The maximum absolute atomic E-state index is 12.6. The first-order valence-corrected chi connectivity index (χ1v) is 50.9. The normalized spacial score (nSPS) is 10.9. The van der Waals surface area contributed by atoms with Gasteiger partial charge in [-0.15, -0.1) is 0 Å². The van der Waals surface area contributed by atoms with Crippen LogP contribution in [0.3, 0.4) is 0 Å². The first kappa shape index (κ1) is 108. The molecule has 0 saturated heterocycles.